The van der Waals surface area contributed by atoms with E-state index in [4.69, 9.17) is 0 Å². The number of halogens is 4. The maximum Gasteiger partial charge on any atom is 0.416 e. The summed E-state index contributed by atoms with van der Waals surface area (Å²) in [5.41, 5.74) is 0.0893. The highest BCUT2D eigenvalue weighted by atomic mass is 79.9. The smallest absolute Gasteiger partial charge is 0.381 e. The molecule has 5 heteroatoms. The normalized spacial score (nSPS) is 17.9. The first-order valence-corrected chi connectivity index (χ1v) is 6.30. The van der Waals surface area contributed by atoms with Gasteiger partial charge in [0.15, 0.2) is 0 Å². The Morgan fingerprint density at radius 3 is 2.47 bits per heavy atom. The predicted molar refractivity (Wildman–Crippen MR) is 65.0 cm³/mol. The Bertz CT molecular complexity index is 413. The van der Waals surface area contributed by atoms with Crippen molar-refractivity contribution in [2.45, 2.75) is 32.0 Å². The van der Waals surface area contributed by atoms with Crippen LogP contribution in [0.2, 0.25) is 0 Å². The van der Waals surface area contributed by atoms with Gasteiger partial charge in [0.1, 0.15) is 0 Å². The van der Waals surface area contributed by atoms with Gasteiger partial charge in [-0.1, -0.05) is 0 Å². The fourth-order valence-corrected chi connectivity index (χ4v) is 2.26. The van der Waals surface area contributed by atoms with E-state index in [0.717, 1.165) is 17.8 Å². The quantitative estimate of drug-likeness (QED) is 0.855. The van der Waals surface area contributed by atoms with Crippen LogP contribution in [-0.2, 0) is 6.18 Å². The number of rotatable bonds is 3. The zero-order valence-corrected chi connectivity index (χ0v) is 10.9. The second-order valence-corrected chi connectivity index (χ2v) is 5.32. The summed E-state index contributed by atoms with van der Waals surface area (Å²) < 4.78 is 37.8. The van der Waals surface area contributed by atoms with Crippen LogP contribution in [0.1, 0.15) is 25.3 Å². The van der Waals surface area contributed by atoms with E-state index in [-0.39, 0.29) is 0 Å². The minimum atomic E-state index is -4.29. The van der Waals surface area contributed by atoms with Gasteiger partial charge in [0.05, 0.1) is 5.56 Å². The number of nitrogens with one attached hydrogen (secondary N) is 1. The molecule has 0 aromatic heterocycles. The van der Waals surface area contributed by atoms with E-state index in [9.17, 15) is 13.2 Å². The van der Waals surface area contributed by atoms with Gasteiger partial charge in [-0.2, -0.15) is 13.2 Å². The van der Waals surface area contributed by atoms with Crippen molar-refractivity contribution < 1.29 is 13.2 Å². The third kappa shape index (κ3) is 3.15. The first kappa shape index (κ1) is 12.7. The third-order valence-corrected chi connectivity index (χ3v) is 3.66. The molecule has 1 nitrogen and oxygen atoms in total. The molecule has 17 heavy (non-hydrogen) atoms. The van der Waals surface area contributed by atoms with Crippen LogP contribution in [0, 0.1) is 5.92 Å². The lowest BCUT2D eigenvalue weighted by Gasteiger charge is -2.17. The predicted octanol–water partition coefficient (Wildman–Crippen LogP) is 4.68. The lowest BCUT2D eigenvalue weighted by Crippen LogP contribution is -2.17. The summed E-state index contributed by atoms with van der Waals surface area (Å²) in [6.45, 7) is 2.06. The molecular formula is C12H13BrF3N. The third-order valence-electron chi connectivity index (χ3n) is 3.01. The fourth-order valence-electron chi connectivity index (χ4n) is 1.77. The molecule has 1 aliphatic carbocycles. The molecule has 94 valence electrons. The molecule has 0 heterocycles. The Morgan fingerprint density at radius 1 is 1.35 bits per heavy atom. The summed E-state index contributed by atoms with van der Waals surface area (Å²) in [5, 5.41) is 3.24. The van der Waals surface area contributed by atoms with E-state index in [1.54, 1.807) is 0 Å². The minimum absolute atomic E-state index is 0.308. The van der Waals surface area contributed by atoms with Gasteiger partial charge in [-0.25, -0.2) is 0 Å². The van der Waals surface area contributed by atoms with Gasteiger partial charge in [-0.15, -0.1) is 0 Å². The van der Waals surface area contributed by atoms with Gasteiger partial charge in [-0.05, 0) is 59.8 Å². The molecule has 1 unspecified atom stereocenters. The average Bonchev–Trinajstić information content (AvgIpc) is 3.02. The van der Waals surface area contributed by atoms with Gasteiger partial charge in [0, 0.05) is 16.2 Å². The highest BCUT2D eigenvalue weighted by Crippen LogP contribution is 2.37. The van der Waals surface area contributed by atoms with Crippen LogP contribution in [0.15, 0.2) is 22.7 Å². The molecule has 1 aromatic carbocycles. The number of hydrogen-bond donors (Lipinski definition) is 1. The van der Waals surface area contributed by atoms with Gasteiger partial charge in [-0.3, -0.25) is 0 Å². The van der Waals surface area contributed by atoms with Gasteiger partial charge in [0.25, 0.3) is 0 Å². The first-order chi connectivity index (χ1) is 7.88. The van der Waals surface area contributed by atoms with Crippen LogP contribution in [0.25, 0.3) is 0 Å². The molecule has 0 spiro atoms. The standard InChI is InChI=1S/C12H13BrF3N/c1-7(8-2-3-8)17-11-5-4-9(6-10(11)13)12(14,15)16/h4-8,17H,2-3H2,1H3. The second kappa shape index (κ2) is 4.52. The van der Waals surface area contributed by atoms with Crippen molar-refractivity contribution in [3.05, 3.63) is 28.2 Å². The molecule has 0 radical (unpaired) electrons. The molecular weight excluding hydrogens is 295 g/mol. The van der Waals surface area contributed by atoms with E-state index in [1.807, 2.05) is 0 Å². The van der Waals surface area contributed by atoms with Crippen LogP contribution in [0.5, 0.6) is 0 Å². The Hall–Kier alpha value is -0.710. The maximum absolute atomic E-state index is 12.5. The van der Waals surface area contributed by atoms with Crippen LogP contribution >= 0.6 is 15.9 Å². The largest absolute Gasteiger partial charge is 0.416 e. The monoisotopic (exact) mass is 307 g/mol. The van der Waals surface area contributed by atoms with Crippen LogP contribution in [0.4, 0.5) is 18.9 Å². The van der Waals surface area contributed by atoms with Gasteiger partial charge >= 0.3 is 6.18 Å². The van der Waals surface area contributed by atoms with E-state index in [0.29, 0.717) is 16.4 Å². The molecule has 0 saturated heterocycles. The molecule has 0 bridgehead atoms. The van der Waals surface area contributed by atoms with Gasteiger partial charge in [0.2, 0.25) is 0 Å². The van der Waals surface area contributed by atoms with E-state index in [1.165, 1.54) is 18.9 Å². The molecule has 1 N–H and O–H groups in total. The summed E-state index contributed by atoms with van der Waals surface area (Å²) in [6.07, 6.45) is -1.89. The lowest BCUT2D eigenvalue weighted by atomic mass is 10.1. The molecule has 0 amide bonds. The SMILES string of the molecule is CC(Nc1ccc(C(F)(F)F)cc1Br)C1CC1. The molecule has 1 atom stereocenters. The molecule has 2 rings (SSSR count). The van der Waals surface area contributed by atoms with E-state index < -0.39 is 11.7 Å². The number of alkyl halides is 3. The van der Waals surface area contributed by atoms with E-state index >= 15 is 0 Å². The van der Waals surface area contributed by atoms with E-state index in [2.05, 4.69) is 28.2 Å². The van der Waals surface area contributed by atoms with Crippen LogP contribution < -0.4 is 5.32 Å². The number of hydrogen-bond acceptors (Lipinski definition) is 1. The van der Waals surface area contributed by atoms with Crippen molar-refractivity contribution in [3.63, 3.8) is 0 Å². The summed E-state index contributed by atoms with van der Waals surface area (Å²) in [6, 6.07) is 4.00. The van der Waals surface area contributed by atoms with Crippen LogP contribution in [-0.4, -0.2) is 6.04 Å². The van der Waals surface area contributed by atoms with Gasteiger partial charge < -0.3 is 5.32 Å². The Kier molecular flexibility index (Phi) is 3.39. The maximum atomic E-state index is 12.5. The number of anilines is 1. The minimum Gasteiger partial charge on any atom is -0.381 e. The van der Waals surface area contributed by atoms with Crippen LogP contribution in [0.3, 0.4) is 0 Å². The zero-order chi connectivity index (χ0) is 12.6. The Morgan fingerprint density at radius 2 is 2.00 bits per heavy atom. The molecule has 1 fully saturated rings. The second-order valence-electron chi connectivity index (χ2n) is 4.46. The molecule has 0 aliphatic heterocycles. The fraction of sp³-hybridized carbons (Fsp3) is 0.500. The zero-order valence-electron chi connectivity index (χ0n) is 9.31. The molecule has 1 saturated carbocycles. The summed E-state index contributed by atoms with van der Waals surface area (Å²) in [7, 11) is 0. The van der Waals surface area contributed by atoms with Crippen molar-refractivity contribution in [2.24, 2.45) is 5.92 Å². The average molecular weight is 308 g/mol. The topological polar surface area (TPSA) is 12.0 Å². The highest BCUT2D eigenvalue weighted by Gasteiger charge is 2.31. The summed E-state index contributed by atoms with van der Waals surface area (Å²) in [4.78, 5) is 0. The van der Waals surface area contributed by atoms with Crippen molar-refractivity contribution in [2.75, 3.05) is 5.32 Å². The summed E-state index contributed by atoms with van der Waals surface area (Å²) >= 11 is 3.18. The number of benzene rings is 1. The Labute approximate surface area is 107 Å². The molecule has 1 aromatic rings. The lowest BCUT2D eigenvalue weighted by molar-refractivity contribution is -0.137. The Balaban J connectivity index is 2.13. The highest BCUT2D eigenvalue weighted by molar-refractivity contribution is 9.10. The first-order valence-electron chi connectivity index (χ1n) is 5.51. The summed E-state index contributed by atoms with van der Waals surface area (Å²) in [5.74, 6) is 0.657. The van der Waals surface area contributed by atoms with Crippen molar-refractivity contribution in [1.82, 2.24) is 0 Å². The molecule has 1 aliphatic rings. The van der Waals surface area contributed by atoms with Crippen molar-refractivity contribution >= 4 is 21.6 Å². The van der Waals surface area contributed by atoms with Crippen molar-refractivity contribution in [3.8, 4) is 0 Å². The van der Waals surface area contributed by atoms with Crippen molar-refractivity contribution in [1.29, 1.82) is 0 Å².